The molecule has 0 heterocycles. The molecule has 1 N–H and O–H groups in total. The zero-order valence-corrected chi connectivity index (χ0v) is 6.21. The first-order valence-corrected chi connectivity index (χ1v) is 3.02. The predicted octanol–water partition coefficient (Wildman–Crippen LogP) is 0.833. The van der Waals surface area contributed by atoms with E-state index in [0.29, 0.717) is 6.61 Å². The Morgan fingerprint density at radius 1 is 0.909 bits per heavy atom. The molecule has 0 radical (unpaired) electrons. The standard InChI is InChI=1S/C6H14O.BH3.3FH/c1-2-3-4-5-6-7;;;;/h7H,2-6H2,1H3;1H3;3*1H. The van der Waals surface area contributed by atoms with Crippen LogP contribution in [0.3, 0.4) is 0 Å². The van der Waals surface area contributed by atoms with Crippen LogP contribution < -0.4 is 0 Å². The van der Waals surface area contributed by atoms with Crippen molar-refractivity contribution >= 4 is 8.41 Å². The summed E-state index contributed by atoms with van der Waals surface area (Å²) in [4.78, 5) is 0. The van der Waals surface area contributed by atoms with Crippen molar-refractivity contribution in [1.82, 2.24) is 0 Å². The number of halogens is 3. The molecule has 0 saturated heterocycles. The maximum atomic E-state index is 8.29. The molecule has 1 nitrogen and oxygen atoms in total. The van der Waals surface area contributed by atoms with Crippen molar-refractivity contribution in [1.29, 1.82) is 0 Å². The molecule has 0 spiro atoms. The summed E-state index contributed by atoms with van der Waals surface area (Å²) in [6.07, 6.45) is 4.68. The number of aliphatic hydroxyl groups is 1. The van der Waals surface area contributed by atoms with Gasteiger partial charge in [-0.2, -0.15) is 0 Å². The van der Waals surface area contributed by atoms with Gasteiger partial charge in [0.25, 0.3) is 0 Å². The van der Waals surface area contributed by atoms with Crippen molar-refractivity contribution in [3.8, 4) is 0 Å². The first-order chi connectivity index (χ1) is 3.41. The largest absolute Gasteiger partial charge is 0.396 e. The zero-order chi connectivity index (χ0) is 5.54. The van der Waals surface area contributed by atoms with Crippen molar-refractivity contribution in [2.45, 2.75) is 32.6 Å². The van der Waals surface area contributed by atoms with Gasteiger partial charge in [0, 0.05) is 6.61 Å². The normalized spacial score (nSPS) is 6.00. The summed E-state index contributed by atoms with van der Waals surface area (Å²) in [6.45, 7) is 2.53. The molecule has 0 aliphatic carbocycles. The summed E-state index contributed by atoms with van der Waals surface area (Å²) in [5, 5.41) is 8.29. The van der Waals surface area contributed by atoms with E-state index in [1.54, 1.807) is 0 Å². The Morgan fingerprint density at radius 3 is 1.64 bits per heavy atom. The lowest BCUT2D eigenvalue weighted by Gasteiger charge is -1.90. The Balaban J connectivity index is -0.0000000300. The van der Waals surface area contributed by atoms with Crippen LogP contribution in [-0.4, -0.2) is 20.1 Å². The topological polar surface area (TPSA) is 20.2 Å². The Bertz CT molecular complexity index is 37.0. The SMILES string of the molecule is B.CCCCCCO.F.F.F. The van der Waals surface area contributed by atoms with Gasteiger partial charge in [0.2, 0.25) is 0 Å². The molecule has 0 unspecified atom stereocenters. The highest BCUT2D eigenvalue weighted by Gasteiger charge is 1.80. The van der Waals surface area contributed by atoms with Crippen molar-refractivity contribution in [2.24, 2.45) is 0 Å². The Kier molecular flexibility index (Phi) is 92.1. The van der Waals surface area contributed by atoms with Gasteiger partial charge in [-0.25, -0.2) is 0 Å². The monoisotopic (exact) mass is 176 g/mol. The minimum atomic E-state index is 0. The first kappa shape index (κ1) is 30.8. The first-order valence-electron chi connectivity index (χ1n) is 3.02. The van der Waals surface area contributed by atoms with Crippen LogP contribution in [0.2, 0.25) is 0 Å². The molecule has 0 aliphatic heterocycles. The molecule has 0 aromatic carbocycles. The predicted molar refractivity (Wildman–Crippen MR) is 48.7 cm³/mol. The van der Waals surface area contributed by atoms with E-state index in [-0.39, 0.29) is 22.5 Å². The Hall–Kier alpha value is -0.185. The van der Waals surface area contributed by atoms with Crippen LogP contribution in [0.1, 0.15) is 32.6 Å². The Labute approximate surface area is 67.9 Å². The Morgan fingerprint density at radius 2 is 1.36 bits per heavy atom. The van der Waals surface area contributed by atoms with Crippen LogP contribution in [0.15, 0.2) is 0 Å². The molecular formula is C6H20BF3O. The minimum Gasteiger partial charge on any atom is -0.396 e. The van der Waals surface area contributed by atoms with Crippen LogP contribution >= 0.6 is 0 Å². The molecule has 74 valence electrons. The lowest BCUT2D eigenvalue weighted by molar-refractivity contribution is 0.283. The van der Waals surface area contributed by atoms with Crippen molar-refractivity contribution in [3.63, 3.8) is 0 Å². The lowest BCUT2D eigenvalue weighted by Crippen LogP contribution is -1.80. The highest BCUT2D eigenvalue weighted by Crippen LogP contribution is 1.95. The summed E-state index contributed by atoms with van der Waals surface area (Å²) in [5.74, 6) is 0. The van der Waals surface area contributed by atoms with E-state index in [2.05, 4.69) is 6.92 Å². The lowest BCUT2D eigenvalue weighted by atomic mass is 10.2. The molecule has 0 fully saturated rings. The fourth-order valence-corrected chi connectivity index (χ4v) is 0.539. The molecule has 0 aliphatic rings. The maximum Gasteiger partial charge on any atom is 0.0814 e. The molecule has 0 aromatic heterocycles. The van der Waals surface area contributed by atoms with Gasteiger partial charge < -0.3 is 5.11 Å². The highest BCUT2D eigenvalue weighted by molar-refractivity contribution is 5.75. The van der Waals surface area contributed by atoms with Gasteiger partial charge in [0.15, 0.2) is 0 Å². The molecule has 11 heavy (non-hydrogen) atoms. The van der Waals surface area contributed by atoms with E-state index < -0.39 is 0 Å². The van der Waals surface area contributed by atoms with Crippen LogP contribution in [-0.2, 0) is 0 Å². The van der Waals surface area contributed by atoms with Gasteiger partial charge in [-0.05, 0) is 6.42 Å². The van der Waals surface area contributed by atoms with Crippen LogP contribution in [0.25, 0.3) is 0 Å². The molecule has 0 aromatic rings. The van der Waals surface area contributed by atoms with E-state index in [4.69, 9.17) is 5.11 Å². The molecule has 5 heteroatoms. The summed E-state index contributed by atoms with van der Waals surface area (Å²) < 4.78 is 0. The molecule has 0 amide bonds. The van der Waals surface area contributed by atoms with Crippen molar-refractivity contribution < 1.29 is 19.2 Å². The van der Waals surface area contributed by atoms with Gasteiger partial charge in [-0.15, -0.1) is 0 Å². The van der Waals surface area contributed by atoms with E-state index in [0.717, 1.165) is 6.42 Å². The molecule has 0 bridgehead atoms. The van der Waals surface area contributed by atoms with E-state index in [1.807, 2.05) is 0 Å². The maximum absolute atomic E-state index is 8.29. The molecule has 0 saturated carbocycles. The summed E-state index contributed by atoms with van der Waals surface area (Å²) in [5.41, 5.74) is 0. The van der Waals surface area contributed by atoms with Gasteiger partial charge in [-0.1, -0.05) is 26.2 Å². The zero-order valence-electron chi connectivity index (χ0n) is 6.21. The summed E-state index contributed by atoms with van der Waals surface area (Å²) in [7, 11) is 0. The van der Waals surface area contributed by atoms with E-state index in [9.17, 15) is 0 Å². The number of aliphatic hydroxyl groups excluding tert-OH is 1. The van der Waals surface area contributed by atoms with Gasteiger partial charge >= 0.3 is 0 Å². The fraction of sp³-hybridized carbons (Fsp3) is 1.00. The number of rotatable bonds is 4. The van der Waals surface area contributed by atoms with Gasteiger partial charge in [-0.3, -0.25) is 14.1 Å². The molecular weight excluding hydrogens is 156 g/mol. The summed E-state index contributed by atoms with van der Waals surface area (Å²) in [6, 6.07) is 0. The third kappa shape index (κ3) is 41.2. The molecule has 0 atom stereocenters. The third-order valence-corrected chi connectivity index (χ3v) is 1.01. The van der Waals surface area contributed by atoms with Crippen LogP contribution in [0.4, 0.5) is 14.1 Å². The third-order valence-electron chi connectivity index (χ3n) is 1.01. The average Bonchev–Trinajstić information content (AvgIpc) is 1.69. The smallest absolute Gasteiger partial charge is 0.0814 e. The van der Waals surface area contributed by atoms with E-state index >= 15 is 0 Å². The molecule has 0 rings (SSSR count). The summed E-state index contributed by atoms with van der Waals surface area (Å²) >= 11 is 0. The van der Waals surface area contributed by atoms with Crippen molar-refractivity contribution in [2.75, 3.05) is 6.61 Å². The average molecular weight is 176 g/mol. The van der Waals surface area contributed by atoms with E-state index in [1.165, 1.54) is 19.3 Å². The van der Waals surface area contributed by atoms with Crippen LogP contribution in [0.5, 0.6) is 0 Å². The van der Waals surface area contributed by atoms with Gasteiger partial charge in [0.05, 0.1) is 8.41 Å². The second kappa shape index (κ2) is 32.9. The second-order valence-electron chi connectivity index (χ2n) is 1.78. The highest BCUT2D eigenvalue weighted by atomic mass is 19.0. The van der Waals surface area contributed by atoms with Crippen LogP contribution in [0, 0.1) is 0 Å². The quantitative estimate of drug-likeness (QED) is 0.496. The number of hydrogen-bond acceptors (Lipinski definition) is 1. The minimum absolute atomic E-state index is 0. The fourth-order valence-electron chi connectivity index (χ4n) is 0.539. The van der Waals surface area contributed by atoms with Gasteiger partial charge in [0.1, 0.15) is 0 Å². The number of unbranched alkanes of at least 4 members (excludes halogenated alkanes) is 3. The van der Waals surface area contributed by atoms with Crippen molar-refractivity contribution in [3.05, 3.63) is 0 Å². The number of hydrogen-bond donors (Lipinski definition) is 1. The second-order valence-corrected chi connectivity index (χ2v) is 1.78.